The van der Waals surface area contributed by atoms with Gasteiger partial charge in [0.05, 0.1) is 23.8 Å². The standard InChI is InChI=1S/C36H46ClN3O7S/c1-4-5-17-38-34(42)47-31-9-7-18-46-35(2,3)33(41)39-48(43,44)27-12-15-32-30(20-27)40(21-25-10-13-28(25)31)22-36(23-45-32)16-6-8-24-19-26(37)11-14-29(24)36/h7,9,11-12,14-15,19-20,25,28,31H,4-6,8,10,13,16-18,21-23H2,1-3H3,(H,38,42)(H,39,41)/b9-7+/t25-,28+,31-,36-/m0/s1. The van der Waals surface area contributed by atoms with Crippen LogP contribution in [-0.2, 0) is 36.1 Å². The minimum absolute atomic E-state index is 0.0312. The first kappa shape index (κ1) is 34.6. The number of benzene rings is 2. The fraction of sp³-hybridized carbons (Fsp3) is 0.556. The highest BCUT2D eigenvalue weighted by molar-refractivity contribution is 7.90. The van der Waals surface area contributed by atoms with Crippen molar-refractivity contribution in [1.29, 1.82) is 0 Å². The molecule has 12 heteroatoms. The molecular weight excluding hydrogens is 654 g/mol. The van der Waals surface area contributed by atoms with Gasteiger partial charge in [-0.3, -0.25) is 4.79 Å². The van der Waals surface area contributed by atoms with Crippen molar-refractivity contribution in [3.05, 3.63) is 64.7 Å². The van der Waals surface area contributed by atoms with Crippen molar-refractivity contribution >= 4 is 39.3 Å². The molecule has 2 aliphatic heterocycles. The molecule has 0 saturated heterocycles. The summed E-state index contributed by atoms with van der Waals surface area (Å²) in [6.45, 7) is 7.32. The van der Waals surface area contributed by atoms with Crippen LogP contribution in [0.1, 0.15) is 70.4 Å². The third-order valence-electron chi connectivity index (χ3n) is 10.4. The topological polar surface area (TPSA) is 123 Å². The second kappa shape index (κ2) is 13.9. The van der Waals surface area contributed by atoms with Crippen LogP contribution in [0.3, 0.4) is 0 Å². The Labute approximate surface area is 288 Å². The summed E-state index contributed by atoms with van der Waals surface area (Å²) in [5.74, 6) is -0.00792. The lowest BCUT2D eigenvalue weighted by Gasteiger charge is -2.46. The van der Waals surface area contributed by atoms with Crippen molar-refractivity contribution in [2.45, 2.75) is 87.7 Å². The molecule has 10 nitrogen and oxygen atoms in total. The molecule has 2 aromatic rings. The number of hydrogen-bond acceptors (Lipinski definition) is 8. The number of amides is 2. The van der Waals surface area contributed by atoms with Gasteiger partial charge < -0.3 is 24.4 Å². The Balaban J connectivity index is 1.40. The highest BCUT2D eigenvalue weighted by Crippen LogP contribution is 2.47. The summed E-state index contributed by atoms with van der Waals surface area (Å²) in [6, 6.07) is 10.9. The molecule has 2 aliphatic carbocycles. The molecule has 2 bridgehead atoms. The van der Waals surface area contributed by atoms with Gasteiger partial charge in [0.25, 0.3) is 15.9 Å². The number of nitrogens with zero attached hydrogens (tertiary/aromatic N) is 1. The largest absolute Gasteiger partial charge is 0.490 e. The van der Waals surface area contributed by atoms with E-state index in [0.717, 1.165) is 44.9 Å². The number of halogens is 1. The summed E-state index contributed by atoms with van der Waals surface area (Å²) in [5, 5.41) is 3.57. The summed E-state index contributed by atoms with van der Waals surface area (Å²) in [4.78, 5) is 28.3. The number of fused-ring (bicyclic) bond motifs is 4. The van der Waals surface area contributed by atoms with Crippen molar-refractivity contribution in [2.75, 3.05) is 37.7 Å². The summed E-state index contributed by atoms with van der Waals surface area (Å²) >= 11 is 6.42. The van der Waals surface area contributed by atoms with Gasteiger partial charge in [-0.2, -0.15) is 0 Å². The van der Waals surface area contributed by atoms with E-state index >= 15 is 0 Å². The maximum atomic E-state index is 13.6. The van der Waals surface area contributed by atoms with Gasteiger partial charge in [0.15, 0.2) is 0 Å². The van der Waals surface area contributed by atoms with Crippen LogP contribution in [0.4, 0.5) is 10.5 Å². The van der Waals surface area contributed by atoms with Gasteiger partial charge in [-0.1, -0.05) is 37.1 Å². The van der Waals surface area contributed by atoms with Crippen LogP contribution >= 0.6 is 11.6 Å². The molecule has 4 aliphatic rings. The van der Waals surface area contributed by atoms with Crippen LogP contribution in [-0.4, -0.2) is 65.0 Å². The van der Waals surface area contributed by atoms with Gasteiger partial charge in [-0.25, -0.2) is 17.9 Å². The van der Waals surface area contributed by atoms with Crippen molar-refractivity contribution in [1.82, 2.24) is 10.0 Å². The fourth-order valence-corrected chi connectivity index (χ4v) is 8.73. The number of alkyl carbamates (subject to hydrolysis) is 1. The number of ether oxygens (including phenoxy) is 3. The number of hydrogen-bond donors (Lipinski definition) is 2. The smallest absolute Gasteiger partial charge is 0.407 e. The zero-order chi connectivity index (χ0) is 34.1. The number of nitrogens with one attached hydrogen (secondary N) is 2. The number of unbranched alkanes of at least 4 members (excludes halogenated alkanes) is 1. The first-order valence-corrected chi connectivity index (χ1v) is 18.9. The molecule has 0 unspecified atom stereocenters. The average molecular weight is 700 g/mol. The normalized spacial score (nSPS) is 28.4. The third kappa shape index (κ3) is 7.19. The van der Waals surface area contributed by atoms with E-state index in [4.69, 9.17) is 25.8 Å². The number of rotatable bonds is 4. The van der Waals surface area contributed by atoms with Crippen LogP contribution in [0.25, 0.3) is 0 Å². The van der Waals surface area contributed by atoms with Crippen LogP contribution < -0.4 is 19.7 Å². The van der Waals surface area contributed by atoms with Crippen molar-refractivity contribution < 1.29 is 32.2 Å². The number of aryl methyl sites for hydroxylation is 1. The number of carbonyl (C=O) groups excluding carboxylic acids is 2. The van der Waals surface area contributed by atoms with E-state index in [-0.39, 0.29) is 28.8 Å². The quantitative estimate of drug-likeness (QED) is 0.299. The van der Waals surface area contributed by atoms with Gasteiger partial charge in [0.2, 0.25) is 0 Å². The zero-order valence-corrected chi connectivity index (χ0v) is 29.5. The monoisotopic (exact) mass is 699 g/mol. The summed E-state index contributed by atoms with van der Waals surface area (Å²) in [5.41, 5.74) is 1.27. The molecule has 4 atom stereocenters. The Morgan fingerprint density at radius 3 is 2.79 bits per heavy atom. The lowest BCUT2D eigenvalue weighted by atomic mass is 9.68. The summed E-state index contributed by atoms with van der Waals surface area (Å²) < 4.78 is 47.8. The first-order valence-electron chi connectivity index (χ1n) is 17.0. The van der Waals surface area contributed by atoms with E-state index < -0.39 is 33.7 Å². The van der Waals surface area contributed by atoms with Gasteiger partial charge >= 0.3 is 6.09 Å². The second-order valence-corrected chi connectivity index (χ2v) is 16.2. The molecule has 6 rings (SSSR count). The predicted octanol–water partition coefficient (Wildman–Crippen LogP) is 5.90. The van der Waals surface area contributed by atoms with E-state index in [2.05, 4.69) is 27.9 Å². The SMILES string of the molecule is CCCCNC(=O)O[C@H]1/C=C/COC(C)(C)C(=O)NS(=O)(=O)c2ccc3c(c2)N(C[C@@H]2CC[C@H]21)C[C@@]1(CCCc2cc(Cl)ccc21)CO3. The van der Waals surface area contributed by atoms with Crippen LogP contribution in [0.15, 0.2) is 53.4 Å². The molecule has 48 heavy (non-hydrogen) atoms. The molecule has 1 spiro atoms. The van der Waals surface area contributed by atoms with Crippen LogP contribution in [0, 0.1) is 11.8 Å². The Bertz CT molecular complexity index is 1680. The van der Waals surface area contributed by atoms with Crippen LogP contribution in [0.2, 0.25) is 5.02 Å². The van der Waals surface area contributed by atoms with E-state index in [0.29, 0.717) is 42.7 Å². The predicted molar refractivity (Wildman–Crippen MR) is 184 cm³/mol. The number of anilines is 1. The lowest BCUT2D eigenvalue weighted by molar-refractivity contribution is -0.139. The summed E-state index contributed by atoms with van der Waals surface area (Å²) in [6.07, 6.45) is 9.06. The molecule has 260 valence electrons. The molecule has 2 heterocycles. The maximum absolute atomic E-state index is 13.6. The molecule has 0 aromatic heterocycles. The Hall–Kier alpha value is -3.28. The minimum atomic E-state index is -4.23. The number of sulfonamides is 1. The molecule has 2 amide bonds. The molecule has 1 saturated carbocycles. The van der Waals surface area contributed by atoms with E-state index in [1.807, 2.05) is 18.2 Å². The first-order chi connectivity index (χ1) is 22.9. The van der Waals surface area contributed by atoms with E-state index in [1.54, 1.807) is 18.2 Å². The molecular formula is C36H46ClN3O7S. The van der Waals surface area contributed by atoms with E-state index in [1.165, 1.54) is 31.0 Å². The Morgan fingerprint density at radius 1 is 1.19 bits per heavy atom. The number of carbonyl (C=O) groups is 2. The molecule has 2 aromatic carbocycles. The average Bonchev–Trinajstić information content (AvgIpc) is 3.17. The van der Waals surface area contributed by atoms with Crippen molar-refractivity contribution in [3.8, 4) is 5.75 Å². The fourth-order valence-electron chi connectivity index (χ4n) is 7.42. The minimum Gasteiger partial charge on any atom is -0.490 e. The second-order valence-electron chi connectivity index (χ2n) is 14.1. The van der Waals surface area contributed by atoms with Gasteiger partial charge in [0.1, 0.15) is 17.5 Å². The highest BCUT2D eigenvalue weighted by Gasteiger charge is 2.45. The van der Waals surface area contributed by atoms with Gasteiger partial charge in [-0.05, 0) is 106 Å². The van der Waals surface area contributed by atoms with Crippen molar-refractivity contribution in [2.24, 2.45) is 11.8 Å². The molecule has 0 radical (unpaired) electrons. The molecule has 1 fully saturated rings. The van der Waals surface area contributed by atoms with Gasteiger partial charge in [-0.15, -0.1) is 0 Å². The zero-order valence-electron chi connectivity index (χ0n) is 27.9. The highest BCUT2D eigenvalue weighted by atomic mass is 35.5. The van der Waals surface area contributed by atoms with Crippen molar-refractivity contribution in [3.63, 3.8) is 0 Å². The third-order valence-corrected chi connectivity index (χ3v) is 11.9. The summed E-state index contributed by atoms with van der Waals surface area (Å²) in [7, 11) is -4.23. The lowest BCUT2D eigenvalue weighted by Crippen LogP contribution is -2.50. The Kier molecular flexibility index (Phi) is 10.0. The molecule has 2 N–H and O–H groups in total. The Morgan fingerprint density at radius 2 is 2.02 bits per heavy atom. The van der Waals surface area contributed by atoms with Gasteiger partial charge in [0, 0.05) is 36.0 Å². The van der Waals surface area contributed by atoms with E-state index in [9.17, 15) is 18.0 Å². The maximum Gasteiger partial charge on any atom is 0.407 e. The van der Waals surface area contributed by atoms with Crippen LogP contribution in [0.5, 0.6) is 5.75 Å².